The van der Waals surface area contributed by atoms with Crippen LogP contribution in [0.4, 0.5) is 0 Å². The molecule has 0 aliphatic carbocycles. The Balaban J connectivity index is 1.53. The second kappa shape index (κ2) is 15.1. The van der Waals surface area contributed by atoms with E-state index in [2.05, 4.69) is 0 Å². The largest absolute Gasteiger partial charge is 0.493 e. The third-order valence-corrected chi connectivity index (χ3v) is 10.3. The number of rotatable bonds is 11. The van der Waals surface area contributed by atoms with E-state index in [-0.39, 0.29) is 0 Å². The molecule has 4 heterocycles. The third-order valence-electron chi connectivity index (χ3n) is 9.65. The van der Waals surface area contributed by atoms with Crippen molar-refractivity contribution < 1.29 is 18.9 Å². The highest BCUT2D eigenvalue weighted by Gasteiger charge is 2.62. The van der Waals surface area contributed by atoms with Gasteiger partial charge in [-0.1, -0.05) is 71.7 Å². The van der Waals surface area contributed by atoms with Gasteiger partial charge in [0.25, 0.3) is 0 Å². The number of benzene rings is 4. The Morgan fingerprint density at radius 2 is 0.786 bits per heavy atom. The van der Waals surface area contributed by atoms with Crippen LogP contribution in [0.25, 0.3) is 0 Å². The molecular weight excluding hydrogens is 747 g/mol. The number of hydrogen-bond donors (Lipinski definition) is 0. The molecule has 0 radical (unpaired) electrons. The fourth-order valence-corrected chi connectivity index (χ4v) is 7.45. The summed E-state index contributed by atoms with van der Waals surface area (Å²) < 4.78 is 22.7. The number of nitrogens with zero attached hydrogens (tertiary/aromatic N) is 6. The Hall–Kier alpha value is -6.36. The SMILES string of the molecule is COc1ccc(C2=NC(c3ccccn3)(C3(c4ccccn4)N=C(c4ccc(OC)c(OC)c4)C(c4ccccc4Cl)=N3)N=C2c2ccccc2Cl)cc1OC. The van der Waals surface area contributed by atoms with Gasteiger partial charge in [-0.2, -0.15) is 0 Å². The van der Waals surface area contributed by atoms with Gasteiger partial charge in [-0.05, 0) is 72.8 Å². The Morgan fingerprint density at radius 1 is 0.411 bits per heavy atom. The zero-order chi connectivity index (χ0) is 38.9. The molecule has 8 rings (SSSR count). The van der Waals surface area contributed by atoms with Gasteiger partial charge >= 0.3 is 0 Å². The second-order valence-corrected chi connectivity index (χ2v) is 13.5. The maximum absolute atomic E-state index is 6.99. The van der Waals surface area contributed by atoms with Crippen molar-refractivity contribution in [1.29, 1.82) is 0 Å². The molecule has 0 saturated carbocycles. The number of hydrogen-bond acceptors (Lipinski definition) is 10. The van der Waals surface area contributed by atoms with E-state index in [0.717, 1.165) is 0 Å². The van der Waals surface area contributed by atoms with Crippen LogP contribution in [-0.2, 0) is 11.3 Å². The van der Waals surface area contributed by atoms with Crippen molar-refractivity contribution in [2.75, 3.05) is 28.4 Å². The molecule has 6 aromatic rings. The van der Waals surface area contributed by atoms with Gasteiger partial charge in [0.05, 0.1) is 72.7 Å². The van der Waals surface area contributed by atoms with Crippen LogP contribution in [0.5, 0.6) is 23.0 Å². The quantitative estimate of drug-likeness (QED) is 0.130. The van der Waals surface area contributed by atoms with Gasteiger partial charge in [-0.25, -0.2) is 20.0 Å². The number of ether oxygens (including phenoxy) is 4. The predicted molar refractivity (Wildman–Crippen MR) is 220 cm³/mol. The van der Waals surface area contributed by atoms with Crippen LogP contribution in [0, 0.1) is 0 Å². The molecule has 4 aromatic carbocycles. The van der Waals surface area contributed by atoms with E-state index in [1.54, 1.807) is 40.8 Å². The average Bonchev–Trinajstić information content (AvgIpc) is 3.86. The first kappa shape index (κ1) is 36.6. The van der Waals surface area contributed by atoms with Crippen LogP contribution < -0.4 is 18.9 Å². The van der Waals surface area contributed by atoms with Gasteiger partial charge in [0.15, 0.2) is 23.0 Å². The molecule has 10 nitrogen and oxygen atoms in total. The summed E-state index contributed by atoms with van der Waals surface area (Å²) in [5.74, 6) is 2.13. The monoisotopic (exact) mass is 780 g/mol. The summed E-state index contributed by atoms with van der Waals surface area (Å²) in [5, 5.41) is 0.952. The Bertz CT molecular complexity index is 2400. The molecule has 0 bridgehead atoms. The van der Waals surface area contributed by atoms with Gasteiger partial charge in [0.2, 0.25) is 11.3 Å². The van der Waals surface area contributed by atoms with Gasteiger partial charge in [0.1, 0.15) is 0 Å². The van der Waals surface area contributed by atoms with E-state index in [4.69, 9.17) is 72.1 Å². The fraction of sp³-hybridized carbons (Fsp3) is 0.136. The fourth-order valence-electron chi connectivity index (χ4n) is 7.00. The van der Waals surface area contributed by atoms with E-state index in [1.807, 2.05) is 121 Å². The summed E-state index contributed by atoms with van der Waals surface area (Å²) >= 11 is 14.0. The van der Waals surface area contributed by atoms with E-state index in [1.165, 1.54) is 0 Å². The van der Waals surface area contributed by atoms with Crippen molar-refractivity contribution in [3.63, 3.8) is 0 Å². The molecule has 0 N–H and O–H groups in total. The molecule has 2 unspecified atom stereocenters. The standard InChI is InChI=1S/C44H34Cl2N6O4/c1-53-33-21-19-27(25-35(33)55-3)39-41(29-13-5-7-15-31(29)45)51-43(49-39,37-17-9-11-23-47-37)44(38-18-10-12-24-48-38)50-40(28-20-22-34(54-2)36(26-28)56-4)42(52-44)30-14-6-8-16-32(30)46/h5-26H,1-4H3. The average molecular weight is 782 g/mol. The Kier molecular flexibility index (Phi) is 9.84. The van der Waals surface area contributed by atoms with Crippen molar-refractivity contribution in [3.05, 3.63) is 177 Å². The first-order chi connectivity index (χ1) is 27.4. The van der Waals surface area contributed by atoms with Crippen molar-refractivity contribution in [2.45, 2.75) is 11.3 Å². The van der Waals surface area contributed by atoms with Gasteiger partial charge in [-0.3, -0.25) is 9.97 Å². The van der Waals surface area contributed by atoms with E-state index < -0.39 is 11.3 Å². The summed E-state index contributed by atoms with van der Waals surface area (Å²) in [6.45, 7) is 0. The Labute approximate surface area is 333 Å². The smallest absolute Gasteiger partial charge is 0.245 e. The maximum atomic E-state index is 6.99. The van der Waals surface area contributed by atoms with Crippen LogP contribution in [0.15, 0.2) is 154 Å². The summed E-state index contributed by atoms with van der Waals surface area (Å²) in [4.78, 5) is 32.3. The molecule has 2 aromatic heterocycles. The molecule has 278 valence electrons. The molecule has 0 fully saturated rings. The van der Waals surface area contributed by atoms with Gasteiger partial charge < -0.3 is 18.9 Å². The number of pyridine rings is 2. The molecule has 2 aliphatic heterocycles. The zero-order valence-electron chi connectivity index (χ0n) is 30.8. The molecule has 2 atom stereocenters. The zero-order valence-corrected chi connectivity index (χ0v) is 32.3. The lowest BCUT2D eigenvalue weighted by atomic mass is 9.87. The van der Waals surface area contributed by atoms with Crippen molar-refractivity contribution >= 4 is 46.0 Å². The number of halogens is 2. The topological polar surface area (TPSA) is 112 Å². The molecule has 12 heteroatoms. The van der Waals surface area contributed by atoms with E-state index in [9.17, 15) is 0 Å². The predicted octanol–water partition coefficient (Wildman–Crippen LogP) is 8.81. The normalized spacial score (nSPS) is 18.8. The minimum absolute atomic E-state index is 0.463. The van der Waals surface area contributed by atoms with Crippen molar-refractivity contribution in [2.24, 2.45) is 20.0 Å². The van der Waals surface area contributed by atoms with Gasteiger partial charge in [0, 0.05) is 34.6 Å². The summed E-state index contributed by atoms with van der Waals surface area (Å²) in [5.41, 5.74) is 2.18. The molecule has 0 saturated heterocycles. The molecule has 56 heavy (non-hydrogen) atoms. The summed E-state index contributed by atoms with van der Waals surface area (Å²) in [6.07, 6.45) is 3.40. The van der Waals surface area contributed by atoms with Crippen LogP contribution in [-0.4, -0.2) is 61.3 Å². The van der Waals surface area contributed by atoms with Crippen LogP contribution in [0.1, 0.15) is 33.6 Å². The second-order valence-electron chi connectivity index (χ2n) is 12.7. The highest BCUT2D eigenvalue weighted by Crippen LogP contribution is 2.54. The Morgan fingerprint density at radius 3 is 1.14 bits per heavy atom. The number of methoxy groups -OCH3 is 4. The van der Waals surface area contributed by atoms with Crippen molar-refractivity contribution in [3.8, 4) is 23.0 Å². The highest BCUT2D eigenvalue weighted by molar-refractivity contribution is 6.58. The number of aromatic nitrogens is 2. The lowest BCUT2D eigenvalue weighted by Crippen LogP contribution is -2.44. The van der Waals surface area contributed by atoms with Crippen LogP contribution >= 0.6 is 23.2 Å². The maximum Gasteiger partial charge on any atom is 0.245 e. The molecule has 0 amide bonds. The van der Waals surface area contributed by atoms with E-state index in [0.29, 0.717) is 89.5 Å². The molecule has 2 aliphatic rings. The van der Waals surface area contributed by atoms with Crippen LogP contribution in [0.3, 0.4) is 0 Å². The first-order valence-corrected chi connectivity index (χ1v) is 18.3. The summed E-state index contributed by atoms with van der Waals surface area (Å²) in [7, 11) is 6.35. The minimum atomic E-state index is -1.70. The third kappa shape index (κ3) is 6.07. The first-order valence-electron chi connectivity index (χ1n) is 17.5. The highest BCUT2D eigenvalue weighted by atomic mass is 35.5. The van der Waals surface area contributed by atoms with Crippen molar-refractivity contribution in [1.82, 2.24) is 9.97 Å². The summed E-state index contributed by atoms with van der Waals surface area (Å²) in [6, 6.07) is 37.4. The minimum Gasteiger partial charge on any atom is -0.493 e. The van der Waals surface area contributed by atoms with Gasteiger partial charge in [-0.15, -0.1) is 0 Å². The number of aliphatic imine (C=N–C) groups is 4. The molecule has 0 spiro atoms. The molecular formula is C44H34Cl2N6O4. The van der Waals surface area contributed by atoms with Crippen LogP contribution in [0.2, 0.25) is 10.0 Å². The lowest BCUT2D eigenvalue weighted by Gasteiger charge is -2.36. The lowest BCUT2D eigenvalue weighted by molar-refractivity contribution is 0.244. The van der Waals surface area contributed by atoms with E-state index >= 15 is 0 Å².